The molecule has 0 amide bonds. The zero-order chi connectivity index (χ0) is 7.56. The van der Waals surface area contributed by atoms with Crippen LogP contribution in [0, 0.1) is 0 Å². The summed E-state index contributed by atoms with van der Waals surface area (Å²) in [5, 5.41) is 2.98. The molecule has 1 aliphatic rings. The minimum absolute atomic E-state index is 0.0119. The van der Waals surface area contributed by atoms with Crippen LogP contribution in [0.2, 0.25) is 0 Å². The Kier molecular flexibility index (Phi) is 2.42. The molecule has 0 aliphatic carbocycles. The Bertz CT molecular complexity index is 180. The first-order valence-corrected chi connectivity index (χ1v) is 3.91. The molecule has 4 nitrogen and oxygen atoms in total. The molecule has 1 heterocycles. The number of hydrogen-bond donors (Lipinski definition) is 1. The predicted octanol–water partition coefficient (Wildman–Crippen LogP) is -0.327. The van der Waals surface area contributed by atoms with Crippen LogP contribution in [0.3, 0.4) is 0 Å². The van der Waals surface area contributed by atoms with Crippen LogP contribution in [0.5, 0.6) is 0 Å². The van der Waals surface area contributed by atoms with Gasteiger partial charge in [-0.05, 0) is 13.0 Å². The average molecular weight is 162 g/mol. The summed E-state index contributed by atoms with van der Waals surface area (Å²) in [6.45, 7) is 2.51. The lowest BCUT2D eigenvalue weighted by molar-refractivity contribution is 0.354. The Morgan fingerprint density at radius 1 is 2.00 bits per heavy atom. The van der Waals surface area contributed by atoms with Crippen molar-refractivity contribution in [2.24, 2.45) is 0 Å². The number of hydrogen-bond acceptors (Lipinski definition) is 4. The fourth-order valence-corrected chi connectivity index (χ4v) is 1.17. The lowest BCUT2D eigenvalue weighted by Crippen LogP contribution is -2.22. The summed E-state index contributed by atoms with van der Waals surface area (Å²) in [4.78, 5) is 0. The fourth-order valence-electron chi connectivity index (χ4n) is 0.798. The summed E-state index contributed by atoms with van der Waals surface area (Å²) in [5.74, 6) is 0.480. The van der Waals surface area contributed by atoms with E-state index < -0.39 is 11.4 Å². The molecule has 0 radical (unpaired) electrons. The van der Waals surface area contributed by atoms with Crippen LogP contribution in [0.15, 0.2) is 11.8 Å². The second-order valence-corrected chi connectivity index (χ2v) is 2.60. The van der Waals surface area contributed by atoms with Gasteiger partial charge in [0.25, 0.3) is 0 Å². The maximum absolute atomic E-state index is 10.0. The minimum atomic E-state index is -2.43. The van der Waals surface area contributed by atoms with Gasteiger partial charge in [-0.1, -0.05) is 0 Å². The maximum atomic E-state index is 10.0. The van der Waals surface area contributed by atoms with Gasteiger partial charge in [0.15, 0.2) is 0 Å². The fraction of sp³-hybridized carbons (Fsp3) is 0.600. The van der Waals surface area contributed by atoms with E-state index in [0.717, 1.165) is 0 Å². The molecule has 1 aliphatic heterocycles. The molecule has 58 valence electrons. The van der Waals surface area contributed by atoms with Crippen molar-refractivity contribution in [2.45, 2.75) is 13.0 Å². The summed E-state index contributed by atoms with van der Waals surface area (Å²) < 4.78 is 24.5. The molecule has 0 aromatic heterocycles. The minimum Gasteiger partial charge on any atom is -0.740 e. The zero-order valence-electron chi connectivity index (χ0n) is 5.49. The highest BCUT2D eigenvalue weighted by Gasteiger charge is 2.14. The highest BCUT2D eigenvalue weighted by Crippen LogP contribution is 2.09. The third kappa shape index (κ3) is 1.80. The summed E-state index contributed by atoms with van der Waals surface area (Å²) in [7, 11) is 0. The van der Waals surface area contributed by atoms with Crippen LogP contribution >= 0.6 is 0 Å². The molecule has 0 spiro atoms. The standard InChI is InChI=1S/C5H9NO3S/c1-4-5(2-3-6-4)9-10(7)8/h2,4,6H,3H2,1H3,(H,7,8)/p-1. The van der Waals surface area contributed by atoms with Gasteiger partial charge in [-0.15, -0.1) is 0 Å². The van der Waals surface area contributed by atoms with Crippen molar-refractivity contribution in [3.63, 3.8) is 0 Å². The quantitative estimate of drug-likeness (QED) is 0.565. The predicted molar refractivity (Wildman–Crippen MR) is 35.6 cm³/mol. The highest BCUT2D eigenvalue weighted by molar-refractivity contribution is 7.74. The largest absolute Gasteiger partial charge is 0.740 e. The molecule has 10 heavy (non-hydrogen) atoms. The molecule has 0 bridgehead atoms. The molecular formula is C5H8NO3S-. The van der Waals surface area contributed by atoms with Crippen molar-refractivity contribution < 1.29 is 12.9 Å². The van der Waals surface area contributed by atoms with Crippen molar-refractivity contribution in [3.05, 3.63) is 11.8 Å². The Labute approximate surface area is 61.8 Å². The summed E-state index contributed by atoms with van der Waals surface area (Å²) in [6, 6.07) is 0.0119. The first-order chi connectivity index (χ1) is 4.70. The van der Waals surface area contributed by atoms with Crippen molar-refractivity contribution in [1.29, 1.82) is 0 Å². The Morgan fingerprint density at radius 2 is 2.70 bits per heavy atom. The van der Waals surface area contributed by atoms with Gasteiger partial charge in [0, 0.05) is 6.54 Å². The second kappa shape index (κ2) is 3.14. The monoisotopic (exact) mass is 162 g/mol. The maximum Gasteiger partial charge on any atom is 0.139 e. The van der Waals surface area contributed by atoms with E-state index in [1.807, 2.05) is 6.92 Å². The van der Waals surface area contributed by atoms with Crippen LogP contribution in [0.25, 0.3) is 0 Å². The molecular weight excluding hydrogens is 154 g/mol. The Hall–Kier alpha value is -0.390. The van der Waals surface area contributed by atoms with Crippen LogP contribution < -0.4 is 5.32 Å². The van der Waals surface area contributed by atoms with Crippen LogP contribution in [0.4, 0.5) is 0 Å². The molecule has 2 atom stereocenters. The van der Waals surface area contributed by atoms with E-state index in [2.05, 4.69) is 9.50 Å². The van der Waals surface area contributed by atoms with Crippen molar-refractivity contribution in [2.75, 3.05) is 6.54 Å². The first-order valence-electron chi connectivity index (χ1n) is 2.91. The average Bonchev–Trinajstić information content (AvgIpc) is 2.15. The van der Waals surface area contributed by atoms with Gasteiger partial charge in [0.05, 0.1) is 6.04 Å². The zero-order valence-corrected chi connectivity index (χ0v) is 6.31. The second-order valence-electron chi connectivity index (χ2n) is 2.02. The van der Waals surface area contributed by atoms with Crippen molar-refractivity contribution in [1.82, 2.24) is 5.32 Å². The van der Waals surface area contributed by atoms with Crippen LogP contribution in [0.1, 0.15) is 6.92 Å². The lowest BCUT2D eigenvalue weighted by Gasteiger charge is -2.11. The SMILES string of the molecule is CC1NCC=C1OS(=O)[O-]. The molecule has 5 heteroatoms. The summed E-state index contributed by atoms with van der Waals surface area (Å²) >= 11 is -2.43. The van der Waals surface area contributed by atoms with Gasteiger partial charge in [-0.2, -0.15) is 0 Å². The molecule has 0 saturated heterocycles. The van der Waals surface area contributed by atoms with E-state index in [-0.39, 0.29) is 6.04 Å². The van der Waals surface area contributed by atoms with E-state index in [1.165, 1.54) is 0 Å². The third-order valence-corrected chi connectivity index (χ3v) is 1.65. The first kappa shape index (κ1) is 7.71. The Morgan fingerprint density at radius 3 is 3.10 bits per heavy atom. The molecule has 1 N–H and O–H groups in total. The molecule has 2 unspecified atom stereocenters. The smallest absolute Gasteiger partial charge is 0.139 e. The van der Waals surface area contributed by atoms with E-state index in [0.29, 0.717) is 12.3 Å². The van der Waals surface area contributed by atoms with Gasteiger partial charge < -0.3 is 14.1 Å². The van der Waals surface area contributed by atoms with E-state index in [1.54, 1.807) is 6.08 Å². The molecule has 1 rings (SSSR count). The van der Waals surface area contributed by atoms with E-state index >= 15 is 0 Å². The van der Waals surface area contributed by atoms with Gasteiger partial charge in [0.1, 0.15) is 17.1 Å². The Balaban J connectivity index is 2.47. The van der Waals surface area contributed by atoms with Crippen LogP contribution in [-0.2, 0) is 15.5 Å². The topological polar surface area (TPSA) is 61.4 Å². The highest BCUT2D eigenvalue weighted by atomic mass is 32.2. The molecule has 0 fully saturated rings. The lowest BCUT2D eigenvalue weighted by atomic mass is 10.3. The van der Waals surface area contributed by atoms with Gasteiger partial charge in [-0.25, -0.2) is 4.21 Å². The summed E-state index contributed by atoms with van der Waals surface area (Å²) in [5.41, 5.74) is 0. The summed E-state index contributed by atoms with van der Waals surface area (Å²) in [6.07, 6.45) is 1.71. The van der Waals surface area contributed by atoms with E-state index in [4.69, 9.17) is 0 Å². The molecule has 0 aromatic rings. The van der Waals surface area contributed by atoms with Crippen LogP contribution in [-0.4, -0.2) is 21.3 Å². The van der Waals surface area contributed by atoms with Crippen molar-refractivity contribution >= 4 is 11.4 Å². The number of nitrogens with one attached hydrogen (secondary N) is 1. The van der Waals surface area contributed by atoms with Crippen molar-refractivity contribution in [3.8, 4) is 0 Å². The van der Waals surface area contributed by atoms with Gasteiger partial charge >= 0.3 is 0 Å². The molecule has 0 saturated carbocycles. The third-order valence-electron chi connectivity index (χ3n) is 1.32. The normalized spacial score (nSPS) is 27.8. The van der Waals surface area contributed by atoms with Gasteiger partial charge in [-0.3, -0.25) is 0 Å². The van der Waals surface area contributed by atoms with Gasteiger partial charge in [0.2, 0.25) is 0 Å². The van der Waals surface area contributed by atoms with E-state index in [9.17, 15) is 8.76 Å². The number of rotatable bonds is 2. The molecule has 0 aromatic carbocycles.